The standard InChI is InChI=1S/C28H22N4O2/c33-25-17-9-7-15-23(25)19-29-31-27(21-11-3-1-4-12-21)28(22-13-5-2-6-14-22)32-30-20-24-16-8-10-18-26(24)34/h1-20,33-34H/b29-19+,30-20+,31-27-,32-28-. The van der Waals surface area contributed by atoms with Crippen molar-refractivity contribution in [1.82, 2.24) is 0 Å². The summed E-state index contributed by atoms with van der Waals surface area (Å²) in [6.07, 6.45) is 2.98. The lowest BCUT2D eigenvalue weighted by molar-refractivity contribution is 0.474. The number of nitrogens with zero attached hydrogens (tertiary/aromatic N) is 4. The lowest BCUT2D eigenvalue weighted by Crippen LogP contribution is -2.17. The third-order valence-corrected chi connectivity index (χ3v) is 4.90. The highest BCUT2D eigenvalue weighted by molar-refractivity contribution is 6.53. The number of benzene rings is 4. The summed E-state index contributed by atoms with van der Waals surface area (Å²) < 4.78 is 0. The van der Waals surface area contributed by atoms with Gasteiger partial charge in [0.15, 0.2) is 0 Å². The van der Waals surface area contributed by atoms with Gasteiger partial charge in [0.2, 0.25) is 0 Å². The van der Waals surface area contributed by atoms with Gasteiger partial charge in [-0.15, -0.1) is 10.2 Å². The van der Waals surface area contributed by atoms with E-state index in [1.165, 1.54) is 12.4 Å². The summed E-state index contributed by atoms with van der Waals surface area (Å²) in [4.78, 5) is 0. The van der Waals surface area contributed by atoms with Crippen LogP contribution in [0.4, 0.5) is 0 Å². The van der Waals surface area contributed by atoms with Crippen LogP contribution in [-0.2, 0) is 0 Å². The van der Waals surface area contributed by atoms with Gasteiger partial charge in [0.05, 0.1) is 12.4 Å². The molecule has 34 heavy (non-hydrogen) atoms. The Hall–Kier alpha value is -4.84. The average molecular weight is 447 g/mol. The minimum atomic E-state index is 0.118. The van der Waals surface area contributed by atoms with Crippen molar-refractivity contribution in [1.29, 1.82) is 0 Å². The van der Waals surface area contributed by atoms with Crippen LogP contribution in [0.1, 0.15) is 22.3 Å². The SMILES string of the molecule is Oc1ccccc1/C=N/N=C(\C(=N/N=C/c1ccccc1O)c1ccccc1)c1ccccc1. The summed E-state index contributed by atoms with van der Waals surface area (Å²) in [6, 6.07) is 32.9. The molecule has 6 heteroatoms. The molecule has 2 N–H and O–H groups in total. The molecule has 0 fully saturated rings. The van der Waals surface area contributed by atoms with Crippen LogP contribution in [0.15, 0.2) is 130 Å². The van der Waals surface area contributed by atoms with Crippen LogP contribution in [0.25, 0.3) is 0 Å². The van der Waals surface area contributed by atoms with Gasteiger partial charge in [0.25, 0.3) is 0 Å². The Morgan fingerprint density at radius 2 is 0.824 bits per heavy atom. The Morgan fingerprint density at radius 3 is 1.21 bits per heavy atom. The fourth-order valence-electron chi connectivity index (χ4n) is 3.17. The molecule has 0 aliphatic heterocycles. The lowest BCUT2D eigenvalue weighted by atomic mass is 10.00. The molecule has 6 nitrogen and oxygen atoms in total. The zero-order chi connectivity index (χ0) is 23.6. The molecule has 0 aliphatic carbocycles. The van der Waals surface area contributed by atoms with Crippen molar-refractivity contribution in [2.24, 2.45) is 20.4 Å². The van der Waals surface area contributed by atoms with Gasteiger partial charge in [0.1, 0.15) is 22.9 Å². The molecule has 4 aromatic carbocycles. The molecule has 0 saturated heterocycles. The van der Waals surface area contributed by atoms with Crippen molar-refractivity contribution in [3.63, 3.8) is 0 Å². The average Bonchev–Trinajstić information content (AvgIpc) is 2.88. The predicted octanol–water partition coefficient (Wildman–Crippen LogP) is 5.44. The first-order valence-corrected chi connectivity index (χ1v) is 10.6. The second kappa shape index (κ2) is 11.2. The van der Waals surface area contributed by atoms with E-state index in [1.807, 2.05) is 72.8 Å². The summed E-state index contributed by atoms with van der Waals surface area (Å²) in [6.45, 7) is 0. The van der Waals surface area contributed by atoms with E-state index in [2.05, 4.69) is 20.4 Å². The van der Waals surface area contributed by atoms with Gasteiger partial charge in [-0.05, 0) is 24.3 Å². The summed E-state index contributed by atoms with van der Waals surface area (Å²) in [7, 11) is 0. The van der Waals surface area contributed by atoms with E-state index in [4.69, 9.17) is 0 Å². The van der Waals surface area contributed by atoms with Crippen molar-refractivity contribution in [3.05, 3.63) is 131 Å². The van der Waals surface area contributed by atoms with E-state index in [1.54, 1.807) is 36.4 Å². The summed E-state index contributed by atoms with van der Waals surface area (Å²) in [5.41, 5.74) is 3.72. The molecule has 0 atom stereocenters. The highest BCUT2D eigenvalue weighted by Crippen LogP contribution is 2.15. The fraction of sp³-hybridized carbons (Fsp3) is 0. The molecule has 0 amide bonds. The summed E-state index contributed by atoms with van der Waals surface area (Å²) in [5, 5.41) is 37.5. The molecule has 4 aromatic rings. The van der Waals surface area contributed by atoms with Gasteiger partial charge in [-0.3, -0.25) is 0 Å². The molecule has 0 aromatic heterocycles. The number of para-hydroxylation sites is 2. The van der Waals surface area contributed by atoms with Gasteiger partial charge >= 0.3 is 0 Å². The van der Waals surface area contributed by atoms with E-state index in [0.717, 1.165) is 11.1 Å². The molecule has 0 heterocycles. The van der Waals surface area contributed by atoms with Crippen LogP contribution in [0.5, 0.6) is 11.5 Å². The Bertz CT molecular complexity index is 1250. The van der Waals surface area contributed by atoms with Crippen molar-refractivity contribution in [2.45, 2.75) is 0 Å². The normalized spacial score (nSPS) is 12.5. The Morgan fingerprint density at radius 1 is 0.471 bits per heavy atom. The van der Waals surface area contributed by atoms with Crippen LogP contribution < -0.4 is 0 Å². The van der Waals surface area contributed by atoms with E-state index >= 15 is 0 Å². The number of hydrogen-bond donors (Lipinski definition) is 2. The van der Waals surface area contributed by atoms with Crippen molar-refractivity contribution in [3.8, 4) is 11.5 Å². The third-order valence-electron chi connectivity index (χ3n) is 4.90. The van der Waals surface area contributed by atoms with E-state index in [-0.39, 0.29) is 11.5 Å². The number of rotatable bonds is 7. The van der Waals surface area contributed by atoms with Gasteiger partial charge in [-0.2, -0.15) is 10.2 Å². The molecular weight excluding hydrogens is 424 g/mol. The van der Waals surface area contributed by atoms with Crippen LogP contribution in [0, 0.1) is 0 Å². The van der Waals surface area contributed by atoms with Gasteiger partial charge in [-0.25, -0.2) is 0 Å². The van der Waals surface area contributed by atoms with Crippen LogP contribution >= 0.6 is 0 Å². The minimum Gasteiger partial charge on any atom is -0.507 e. The highest BCUT2D eigenvalue weighted by atomic mass is 16.3. The molecule has 0 radical (unpaired) electrons. The molecule has 0 aliphatic rings. The maximum absolute atomic E-state index is 10.0. The molecular formula is C28H22N4O2. The first kappa shape index (κ1) is 22.4. The number of aromatic hydroxyl groups is 2. The molecule has 0 saturated carbocycles. The largest absolute Gasteiger partial charge is 0.507 e. The first-order valence-electron chi connectivity index (χ1n) is 10.6. The van der Waals surface area contributed by atoms with Crippen LogP contribution in [-0.4, -0.2) is 34.1 Å². The quantitative estimate of drug-likeness (QED) is 0.292. The first-order chi connectivity index (χ1) is 16.7. The predicted molar refractivity (Wildman–Crippen MR) is 137 cm³/mol. The zero-order valence-corrected chi connectivity index (χ0v) is 18.2. The molecule has 0 bridgehead atoms. The second-order valence-electron chi connectivity index (χ2n) is 7.24. The zero-order valence-electron chi connectivity index (χ0n) is 18.2. The maximum Gasteiger partial charge on any atom is 0.124 e. The van der Waals surface area contributed by atoms with Crippen LogP contribution in [0.3, 0.4) is 0 Å². The molecule has 166 valence electrons. The topological polar surface area (TPSA) is 89.9 Å². The second-order valence-corrected chi connectivity index (χ2v) is 7.24. The third kappa shape index (κ3) is 5.69. The summed E-state index contributed by atoms with van der Waals surface area (Å²) >= 11 is 0. The summed E-state index contributed by atoms with van der Waals surface area (Å²) in [5.74, 6) is 0.235. The van der Waals surface area contributed by atoms with Crippen molar-refractivity contribution in [2.75, 3.05) is 0 Å². The minimum absolute atomic E-state index is 0.118. The molecule has 4 rings (SSSR count). The highest BCUT2D eigenvalue weighted by Gasteiger charge is 2.15. The Labute approximate surface area is 197 Å². The number of phenols is 2. The monoisotopic (exact) mass is 446 g/mol. The number of phenolic OH excluding ortho intramolecular Hbond substituents is 2. The Kier molecular flexibility index (Phi) is 7.33. The molecule has 0 unspecified atom stereocenters. The fourth-order valence-corrected chi connectivity index (χ4v) is 3.17. The number of hydrogen-bond acceptors (Lipinski definition) is 6. The lowest BCUT2D eigenvalue weighted by Gasteiger charge is -2.08. The Balaban J connectivity index is 1.80. The van der Waals surface area contributed by atoms with Gasteiger partial charge in [0, 0.05) is 22.3 Å². The van der Waals surface area contributed by atoms with Crippen molar-refractivity contribution >= 4 is 23.9 Å². The van der Waals surface area contributed by atoms with Crippen molar-refractivity contribution < 1.29 is 10.2 Å². The van der Waals surface area contributed by atoms with E-state index in [0.29, 0.717) is 22.6 Å². The van der Waals surface area contributed by atoms with E-state index in [9.17, 15) is 10.2 Å². The maximum atomic E-state index is 10.0. The van der Waals surface area contributed by atoms with Gasteiger partial charge in [-0.1, -0.05) is 84.9 Å². The molecule has 0 spiro atoms. The smallest absolute Gasteiger partial charge is 0.124 e. The van der Waals surface area contributed by atoms with Gasteiger partial charge < -0.3 is 10.2 Å². The van der Waals surface area contributed by atoms with Crippen LogP contribution in [0.2, 0.25) is 0 Å². The van der Waals surface area contributed by atoms with E-state index < -0.39 is 0 Å².